The molecule has 0 atom stereocenters. The van der Waals surface area contributed by atoms with Crippen molar-refractivity contribution >= 4 is 17.3 Å². The van der Waals surface area contributed by atoms with E-state index < -0.39 is 5.82 Å². The lowest BCUT2D eigenvalue weighted by Gasteiger charge is -2.30. The third-order valence-electron chi connectivity index (χ3n) is 4.54. The Hall–Kier alpha value is -3.53. The van der Waals surface area contributed by atoms with Crippen LogP contribution in [-0.2, 0) is 13.0 Å². The van der Waals surface area contributed by atoms with Gasteiger partial charge in [-0.25, -0.2) is 14.4 Å². The van der Waals surface area contributed by atoms with Crippen LogP contribution in [-0.4, -0.2) is 21.5 Å². The van der Waals surface area contributed by atoms with Gasteiger partial charge in [0.25, 0.3) is 0 Å². The van der Waals surface area contributed by atoms with E-state index >= 15 is 0 Å². The predicted molar refractivity (Wildman–Crippen MR) is 100 cm³/mol. The summed E-state index contributed by atoms with van der Waals surface area (Å²) in [6, 6.07) is 8.85. The summed E-state index contributed by atoms with van der Waals surface area (Å²) in [5.41, 5.74) is 4.31. The van der Waals surface area contributed by atoms with Crippen LogP contribution in [0.1, 0.15) is 22.4 Å². The van der Waals surface area contributed by atoms with Crippen molar-refractivity contribution in [2.45, 2.75) is 19.9 Å². The zero-order valence-electron chi connectivity index (χ0n) is 14.8. The highest BCUT2D eigenvalue weighted by molar-refractivity contribution is 5.58. The van der Waals surface area contributed by atoms with E-state index in [0.29, 0.717) is 17.8 Å². The van der Waals surface area contributed by atoms with Gasteiger partial charge in [0.05, 0.1) is 17.4 Å². The van der Waals surface area contributed by atoms with E-state index in [0.717, 1.165) is 35.6 Å². The summed E-state index contributed by atoms with van der Waals surface area (Å²) >= 11 is 0. The molecule has 0 spiro atoms. The fourth-order valence-corrected chi connectivity index (χ4v) is 3.25. The Bertz CT molecular complexity index is 1040. The van der Waals surface area contributed by atoms with Crippen molar-refractivity contribution in [3.63, 3.8) is 0 Å². The summed E-state index contributed by atoms with van der Waals surface area (Å²) in [6.07, 6.45) is 5.64. The molecule has 0 bridgehead atoms. The predicted octanol–water partition coefficient (Wildman–Crippen LogP) is 3.50. The Labute approximate surface area is 156 Å². The first kappa shape index (κ1) is 16.9. The highest BCUT2D eigenvalue weighted by atomic mass is 19.1. The molecular weight excluding hydrogens is 343 g/mol. The summed E-state index contributed by atoms with van der Waals surface area (Å²) in [7, 11) is 0. The minimum Gasteiger partial charge on any atom is -0.352 e. The number of pyridine rings is 3. The molecule has 7 heteroatoms. The maximum atomic E-state index is 13.8. The van der Waals surface area contributed by atoms with Crippen molar-refractivity contribution in [1.29, 1.82) is 5.26 Å². The SMILES string of the molecule is Cc1cc(C#N)cnc1N1CCc2ncc(Nc3ncccc3F)cc2C1. The Morgan fingerprint density at radius 2 is 2.11 bits per heavy atom. The standard InChI is InChI=1S/C20H17FN6/c1-13-7-14(9-22)10-25-20(13)27-6-4-18-15(12-27)8-16(11-24-18)26-19-17(21)3-2-5-23-19/h2-3,5,7-8,10-11H,4,6,12H2,1H3,(H,23,26). The topological polar surface area (TPSA) is 77.7 Å². The summed E-state index contributed by atoms with van der Waals surface area (Å²) in [4.78, 5) is 15.2. The smallest absolute Gasteiger partial charge is 0.166 e. The number of hydrogen-bond acceptors (Lipinski definition) is 6. The first-order valence-electron chi connectivity index (χ1n) is 8.61. The van der Waals surface area contributed by atoms with Crippen molar-refractivity contribution in [3.8, 4) is 6.07 Å². The maximum absolute atomic E-state index is 13.8. The van der Waals surface area contributed by atoms with Crippen molar-refractivity contribution in [3.05, 3.63) is 71.1 Å². The van der Waals surface area contributed by atoms with Crippen LogP contribution in [0.3, 0.4) is 0 Å². The van der Waals surface area contributed by atoms with Crippen LogP contribution in [0.5, 0.6) is 0 Å². The fourth-order valence-electron chi connectivity index (χ4n) is 3.25. The zero-order valence-corrected chi connectivity index (χ0v) is 14.8. The highest BCUT2D eigenvalue weighted by Gasteiger charge is 2.20. The molecule has 1 N–H and O–H groups in total. The van der Waals surface area contributed by atoms with Crippen molar-refractivity contribution in [2.75, 3.05) is 16.8 Å². The molecule has 0 aliphatic carbocycles. The molecule has 4 heterocycles. The van der Waals surface area contributed by atoms with E-state index in [4.69, 9.17) is 5.26 Å². The van der Waals surface area contributed by atoms with Crippen LogP contribution in [0.15, 0.2) is 42.9 Å². The molecular formula is C20H17FN6. The number of hydrogen-bond donors (Lipinski definition) is 1. The normalized spacial score (nSPS) is 13.0. The van der Waals surface area contributed by atoms with Gasteiger partial charge in [0.2, 0.25) is 0 Å². The van der Waals surface area contributed by atoms with Crippen LogP contribution in [0.2, 0.25) is 0 Å². The largest absolute Gasteiger partial charge is 0.352 e. The second-order valence-corrected chi connectivity index (χ2v) is 6.44. The lowest BCUT2D eigenvalue weighted by molar-refractivity contribution is 0.626. The first-order chi connectivity index (χ1) is 13.1. The van der Waals surface area contributed by atoms with Gasteiger partial charge in [-0.1, -0.05) is 0 Å². The number of aromatic nitrogens is 3. The molecule has 0 saturated carbocycles. The van der Waals surface area contributed by atoms with Crippen LogP contribution >= 0.6 is 0 Å². The highest BCUT2D eigenvalue weighted by Crippen LogP contribution is 2.27. The van der Waals surface area contributed by atoms with E-state index in [1.165, 1.54) is 6.07 Å². The summed E-state index contributed by atoms with van der Waals surface area (Å²) in [5.74, 6) is 0.638. The molecule has 0 fully saturated rings. The van der Waals surface area contributed by atoms with E-state index in [2.05, 4.69) is 31.2 Å². The number of nitriles is 1. The average molecular weight is 360 g/mol. The quantitative estimate of drug-likeness (QED) is 0.770. The minimum atomic E-state index is -0.408. The van der Waals surface area contributed by atoms with E-state index in [-0.39, 0.29) is 5.82 Å². The third kappa shape index (κ3) is 3.42. The van der Waals surface area contributed by atoms with E-state index in [1.807, 2.05) is 19.1 Å². The van der Waals surface area contributed by atoms with Crippen LogP contribution in [0, 0.1) is 24.1 Å². The van der Waals surface area contributed by atoms with Gasteiger partial charge in [-0.05, 0) is 42.3 Å². The molecule has 0 radical (unpaired) electrons. The lowest BCUT2D eigenvalue weighted by Crippen LogP contribution is -2.32. The average Bonchev–Trinajstić information content (AvgIpc) is 2.69. The molecule has 1 aliphatic heterocycles. The minimum absolute atomic E-state index is 0.177. The number of aryl methyl sites for hydroxylation is 1. The van der Waals surface area contributed by atoms with Gasteiger partial charge in [-0.15, -0.1) is 0 Å². The van der Waals surface area contributed by atoms with E-state index in [1.54, 1.807) is 24.7 Å². The second kappa shape index (κ2) is 7.00. The number of fused-ring (bicyclic) bond motifs is 1. The Morgan fingerprint density at radius 3 is 2.89 bits per heavy atom. The van der Waals surface area contributed by atoms with Crippen LogP contribution < -0.4 is 10.2 Å². The third-order valence-corrected chi connectivity index (χ3v) is 4.54. The van der Waals surface area contributed by atoms with Crippen molar-refractivity contribution < 1.29 is 4.39 Å². The molecule has 134 valence electrons. The lowest BCUT2D eigenvalue weighted by atomic mass is 10.0. The molecule has 0 amide bonds. The van der Waals surface area contributed by atoms with Gasteiger partial charge >= 0.3 is 0 Å². The molecule has 0 aromatic carbocycles. The van der Waals surface area contributed by atoms with Gasteiger partial charge in [0.15, 0.2) is 11.6 Å². The van der Waals surface area contributed by atoms with Gasteiger partial charge < -0.3 is 10.2 Å². The number of anilines is 3. The number of rotatable bonds is 3. The molecule has 1 aliphatic rings. The Kier molecular flexibility index (Phi) is 4.38. The van der Waals surface area contributed by atoms with Crippen LogP contribution in [0.4, 0.5) is 21.7 Å². The second-order valence-electron chi connectivity index (χ2n) is 6.44. The van der Waals surface area contributed by atoms with Gasteiger partial charge in [0.1, 0.15) is 11.9 Å². The zero-order chi connectivity index (χ0) is 18.8. The summed E-state index contributed by atoms with van der Waals surface area (Å²) in [6.45, 7) is 3.42. The van der Waals surface area contributed by atoms with Crippen LogP contribution in [0.25, 0.3) is 0 Å². The van der Waals surface area contributed by atoms with Crippen molar-refractivity contribution in [1.82, 2.24) is 15.0 Å². The fraction of sp³-hybridized carbons (Fsp3) is 0.200. The van der Waals surface area contributed by atoms with Gasteiger partial charge in [-0.2, -0.15) is 5.26 Å². The monoisotopic (exact) mass is 360 g/mol. The number of nitrogens with zero attached hydrogens (tertiary/aromatic N) is 5. The maximum Gasteiger partial charge on any atom is 0.166 e. The van der Waals surface area contributed by atoms with Crippen molar-refractivity contribution in [2.24, 2.45) is 0 Å². The molecule has 0 saturated heterocycles. The number of nitrogens with one attached hydrogen (secondary N) is 1. The summed E-state index contributed by atoms with van der Waals surface area (Å²) < 4.78 is 13.8. The molecule has 27 heavy (non-hydrogen) atoms. The molecule has 3 aromatic rings. The number of halogens is 1. The molecule has 4 rings (SSSR count). The Balaban J connectivity index is 1.59. The summed E-state index contributed by atoms with van der Waals surface area (Å²) in [5, 5.41) is 12.0. The molecule has 0 unspecified atom stereocenters. The van der Waals surface area contributed by atoms with Gasteiger partial charge in [0, 0.05) is 37.6 Å². The first-order valence-corrected chi connectivity index (χ1v) is 8.61. The van der Waals surface area contributed by atoms with Gasteiger partial charge in [-0.3, -0.25) is 4.98 Å². The molecule has 6 nitrogen and oxygen atoms in total. The van der Waals surface area contributed by atoms with E-state index in [9.17, 15) is 4.39 Å². The molecule has 3 aromatic heterocycles. The Morgan fingerprint density at radius 1 is 1.22 bits per heavy atom.